The molecule has 2 N–H and O–H groups in total. The monoisotopic (exact) mass is 221 g/mol. The quantitative estimate of drug-likeness (QED) is 0.687. The normalized spacial score (nSPS) is 10.6. The Morgan fingerprint density at radius 3 is 2.59 bits per heavy atom. The molecular weight excluding hydrogens is 210 g/mol. The summed E-state index contributed by atoms with van der Waals surface area (Å²) in [5, 5.41) is 0.896. The van der Waals surface area contributed by atoms with Gasteiger partial charge in [-0.2, -0.15) is 0 Å². The second-order valence-electron chi connectivity index (χ2n) is 3.84. The van der Waals surface area contributed by atoms with E-state index in [1.807, 2.05) is 48.5 Å². The molecule has 0 spiro atoms. The zero-order chi connectivity index (χ0) is 11.7. The minimum absolute atomic E-state index is 0.686. The number of hydrogen-bond acceptors (Lipinski definition) is 3. The van der Waals surface area contributed by atoms with Gasteiger partial charge in [0.25, 0.3) is 0 Å². The van der Waals surface area contributed by atoms with E-state index < -0.39 is 0 Å². The first kappa shape index (κ1) is 9.78. The lowest BCUT2D eigenvalue weighted by molar-refractivity contribution is 1.29. The van der Waals surface area contributed by atoms with Crippen LogP contribution in [0.2, 0.25) is 0 Å². The number of nitrogen functional groups attached to an aromatic ring is 1. The van der Waals surface area contributed by atoms with Crippen LogP contribution < -0.4 is 5.73 Å². The molecule has 0 atom stereocenters. The predicted molar refractivity (Wildman–Crippen MR) is 69.4 cm³/mol. The Morgan fingerprint density at radius 2 is 1.76 bits per heavy atom. The number of nitrogens with two attached hydrogens (primary N) is 1. The summed E-state index contributed by atoms with van der Waals surface area (Å²) in [6, 6.07) is 15.6. The van der Waals surface area contributed by atoms with E-state index in [1.54, 1.807) is 6.20 Å². The van der Waals surface area contributed by atoms with Crippen LogP contribution in [-0.4, -0.2) is 9.97 Å². The Bertz CT molecular complexity index is 663. The standard InChI is InChI=1S/C14H11N3/c15-12-9-13(10-5-2-1-3-6-10)17-14-11(12)7-4-8-16-14/h1-9H,(H2,15,16,17). The van der Waals surface area contributed by atoms with Crippen molar-refractivity contribution in [2.75, 3.05) is 5.73 Å². The number of nitrogens with zero attached hydrogens (tertiary/aromatic N) is 2. The smallest absolute Gasteiger partial charge is 0.161 e. The van der Waals surface area contributed by atoms with E-state index in [-0.39, 0.29) is 0 Å². The lowest BCUT2D eigenvalue weighted by Gasteiger charge is -2.05. The predicted octanol–water partition coefficient (Wildman–Crippen LogP) is 2.88. The first-order valence-electron chi connectivity index (χ1n) is 5.41. The molecule has 0 saturated carbocycles. The van der Waals surface area contributed by atoms with Crippen molar-refractivity contribution in [3.8, 4) is 11.3 Å². The third kappa shape index (κ3) is 1.72. The molecule has 0 aliphatic rings. The maximum Gasteiger partial charge on any atom is 0.161 e. The SMILES string of the molecule is Nc1cc(-c2ccccc2)nc2ncccc12. The van der Waals surface area contributed by atoms with Gasteiger partial charge < -0.3 is 5.73 Å². The molecule has 3 nitrogen and oxygen atoms in total. The van der Waals surface area contributed by atoms with Crippen LogP contribution in [0, 0.1) is 0 Å². The summed E-state index contributed by atoms with van der Waals surface area (Å²) >= 11 is 0. The van der Waals surface area contributed by atoms with Gasteiger partial charge in [0.2, 0.25) is 0 Å². The summed E-state index contributed by atoms with van der Waals surface area (Å²) in [4.78, 5) is 8.75. The van der Waals surface area contributed by atoms with Crippen molar-refractivity contribution in [3.05, 3.63) is 54.7 Å². The minimum Gasteiger partial charge on any atom is -0.398 e. The summed E-state index contributed by atoms with van der Waals surface area (Å²) in [5.74, 6) is 0. The fraction of sp³-hybridized carbons (Fsp3) is 0. The Morgan fingerprint density at radius 1 is 0.941 bits per heavy atom. The molecule has 0 unspecified atom stereocenters. The number of benzene rings is 1. The van der Waals surface area contributed by atoms with Gasteiger partial charge in [0, 0.05) is 22.8 Å². The molecule has 0 saturated heterocycles. The third-order valence-electron chi connectivity index (χ3n) is 2.69. The van der Waals surface area contributed by atoms with Crippen LogP contribution in [0.25, 0.3) is 22.3 Å². The van der Waals surface area contributed by atoms with Crippen LogP contribution in [0.5, 0.6) is 0 Å². The molecule has 82 valence electrons. The molecule has 17 heavy (non-hydrogen) atoms. The molecular formula is C14H11N3. The number of pyridine rings is 2. The molecule has 3 rings (SSSR count). The topological polar surface area (TPSA) is 51.8 Å². The first-order chi connectivity index (χ1) is 8.34. The Kier molecular flexibility index (Phi) is 2.22. The highest BCUT2D eigenvalue weighted by Crippen LogP contribution is 2.24. The molecule has 0 fully saturated rings. The van der Waals surface area contributed by atoms with E-state index in [0.717, 1.165) is 16.6 Å². The van der Waals surface area contributed by atoms with Crippen LogP contribution in [0.4, 0.5) is 5.69 Å². The third-order valence-corrected chi connectivity index (χ3v) is 2.69. The largest absolute Gasteiger partial charge is 0.398 e. The summed E-state index contributed by atoms with van der Waals surface area (Å²) in [6.45, 7) is 0. The fourth-order valence-corrected chi connectivity index (χ4v) is 1.84. The van der Waals surface area contributed by atoms with Crippen molar-refractivity contribution in [1.82, 2.24) is 9.97 Å². The molecule has 0 aliphatic carbocycles. The molecule has 0 bridgehead atoms. The Hall–Kier alpha value is -2.42. The van der Waals surface area contributed by atoms with Crippen molar-refractivity contribution in [2.45, 2.75) is 0 Å². The van der Waals surface area contributed by atoms with Crippen molar-refractivity contribution in [3.63, 3.8) is 0 Å². The highest BCUT2D eigenvalue weighted by Gasteiger charge is 2.05. The zero-order valence-corrected chi connectivity index (χ0v) is 9.17. The number of hydrogen-bond donors (Lipinski definition) is 1. The molecule has 2 aromatic heterocycles. The van der Waals surface area contributed by atoms with Gasteiger partial charge in [-0.25, -0.2) is 9.97 Å². The lowest BCUT2D eigenvalue weighted by Crippen LogP contribution is -1.93. The minimum atomic E-state index is 0.686. The van der Waals surface area contributed by atoms with Crippen LogP contribution >= 0.6 is 0 Å². The maximum absolute atomic E-state index is 6.01. The van der Waals surface area contributed by atoms with E-state index in [9.17, 15) is 0 Å². The highest BCUT2D eigenvalue weighted by atomic mass is 14.9. The van der Waals surface area contributed by atoms with E-state index in [1.165, 1.54) is 0 Å². The number of rotatable bonds is 1. The highest BCUT2D eigenvalue weighted by molar-refractivity contribution is 5.90. The zero-order valence-electron chi connectivity index (χ0n) is 9.17. The molecule has 0 radical (unpaired) electrons. The molecule has 1 aromatic carbocycles. The van der Waals surface area contributed by atoms with Gasteiger partial charge in [0.05, 0.1) is 5.69 Å². The van der Waals surface area contributed by atoms with E-state index >= 15 is 0 Å². The van der Waals surface area contributed by atoms with E-state index in [4.69, 9.17) is 5.73 Å². The fourth-order valence-electron chi connectivity index (χ4n) is 1.84. The van der Waals surface area contributed by atoms with Gasteiger partial charge in [-0.15, -0.1) is 0 Å². The van der Waals surface area contributed by atoms with Crippen molar-refractivity contribution < 1.29 is 0 Å². The van der Waals surface area contributed by atoms with Gasteiger partial charge in [0.1, 0.15) is 0 Å². The molecule has 3 heteroatoms. The average molecular weight is 221 g/mol. The number of fused-ring (bicyclic) bond motifs is 1. The molecule has 3 aromatic rings. The van der Waals surface area contributed by atoms with E-state index in [0.29, 0.717) is 11.3 Å². The second-order valence-corrected chi connectivity index (χ2v) is 3.84. The van der Waals surface area contributed by atoms with Gasteiger partial charge in [0.15, 0.2) is 5.65 Å². The molecule has 2 heterocycles. The summed E-state index contributed by atoms with van der Waals surface area (Å²) in [6.07, 6.45) is 1.73. The van der Waals surface area contributed by atoms with Crippen LogP contribution in [0.1, 0.15) is 0 Å². The second kappa shape index (κ2) is 3.87. The van der Waals surface area contributed by atoms with Gasteiger partial charge in [-0.3, -0.25) is 0 Å². The van der Waals surface area contributed by atoms with Crippen molar-refractivity contribution in [2.24, 2.45) is 0 Å². The van der Waals surface area contributed by atoms with Crippen molar-refractivity contribution >= 4 is 16.7 Å². The summed E-state index contributed by atoms with van der Waals surface area (Å²) in [7, 11) is 0. The van der Waals surface area contributed by atoms with Crippen LogP contribution in [0.15, 0.2) is 54.7 Å². The molecule has 0 aliphatic heterocycles. The van der Waals surface area contributed by atoms with Gasteiger partial charge in [-0.05, 0) is 18.2 Å². The molecule has 0 amide bonds. The lowest BCUT2D eigenvalue weighted by atomic mass is 10.1. The maximum atomic E-state index is 6.01. The van der Waals surface area contributed by atoms with Gasteiger partial charge >= 0.3 is 0 Å². The van der Waals surface area contributed by atoms with Crippen LogP contribution in [0.3, 0.4) is 0 Å². The number of anilines is 1. The average Bonchev–Trinajstić information content (AvgIpc) is 2.40. The van der Waals surface area contributed by atoms with Gasteiger partial charge in [-0.1, -0.05) is 30.3 Å². The first-order valence-corrected chi connectivity index (χ1v) is 5.41. The Balaban J connectivity index is 2.26. The summed E-state index contributed by atoms with van der Waals surface area (Å²) in [5.41, 5.74) is 9.31. The van der Waals surface area contributed by atoms with Crippen LogP contribution in [-0.2, 0) is 0 Å². The summed E-state index contributed by atoms with van der Waals surface area (Å²) < 4.78 is 0. The van der Waals surface area contributed by atoms with Crippen molar-refractivity contribution in [1.29, 1.82) is 0 Å². The van der Waals surface area contributed by atoms with E-state index in [2.05, 4.69) is 9.97 Å². The number of aromatic nitrogens is 2. The Labute approximate surface area is 98.9 Å².